The van der Waals surface area contributed by atoms with Crippen molar-refractivity contribution >= 4 is 11.9 Å². The number of hydrogen-bond donors (Lipinski definition) is 3. The highest BCUT2D eigenvalue weighted by molar-refractivity contribution is 5.76. The van der Waals surface area contributed by atoms with Gasteiger partial charge in [0.05, 0.1) is 6.10 Å². The standard InChI is InChI=1S/C27H43NO5/c1-20-17-21(2)19-26(31)28-16-7-6-13-27(32)33-25(12-8-11-23(29)18-20)24(30)15-14-22-9-4-3-5-10-22/h8,11,14-15,21-25,29-30H,1,3-7,9-10,12-13,16-19H2,2H3,(H,28,31)/t21-,23+,24-,25-/m0/s1. The van der Waals surface area contributed by atoms with Crippen molar-refractivity contribution in [3.05, 3.63) is 36.5 Å². The zero-order valence-corrected chi connectivity index (χ0v) is 20.2. The zero-order chi connectivity index (χ0) is 24.1. The van der Waals surface area contributed by atoms with Crippen molar-refractivity contribution in [1.29, 1.82) is 0 Å². The van der Waals surface area contributed by atoms with Crippen LogP contribution >= 0.6 is 0 Å². The SMILES string of the molecule is C=C1C[C@H](C)CC(=O)NCCCCC(=O)O[C@H]([C@@H](O)C=CC2CCCCC2)CC=C[C@@H](O)C1. The molecule has 0 aromatic heterocycles. The maximum atomic E-state index is 12.4. The van der Waals surface area contributed by atoms with Crippen LogP contribution in [-0.2, 0) is 14.3 Å². The average Bonchev–Trinajstić information content (AvgIpc) is 2.76. The molecule has 0 saturated heterocycles. The van der Waals surface area contributed by atoms with E-state index in [1.165, 1.54) is 19.3 Å². The van der Waals surface area contributed by atoms with Gasteiger partial charge in [-0.05, 0) is 50.4 Å². The Labute approximate surface area is 199 Å². The number of aliphatic hydroxyl groups is 2. The third-order valence-electron chi connectivity index (χ3n) is 6.42. The normalized spacial score (nSPS) is 29.2. The van der Waals surface area contributed by atoms with Gasteiger partial charge in [-0.2, -0.15) is 0 Å². The average molecular weight is 462 g/mol. The topological polar surface area (TPSA) is 95.9 Å². The first-order valence-corrected chi connectivity index (χ1v) is 12.7. The molecule has 2 aliphatic rings. The van der Waals surface area contributed by atoms with E-state index in [1.54, 1.807) is 18.2 Å². The second kappa shape index (κ2) is 15.1. The fraction of sp³-hybridized carbons (Fsp3) is 0.704. The van der Waals surface area contributed by atoms with E-state index in [4.69, 9.17) is 4.74 Å². The van der Waals surface area contributed by atoms with Crippen LogP contribution in [0.3, 0.4) is 0 Å². The molecular weight excluding hydrogens is 418 g/mol. The number of cyclic esters (lactones) is 1. The molecule has 186 valence electrons. The van der Waals surface area contributed by atoms with Gasteiger partial charge in [0.15, 0.2) is 0 Å². The summed E-state index contributed by atoms with van der Waals surface area (Å²) in [6, 6.07) is 0. The zero-order valence-electron chi connectivity index (χ0n) is 20.2. The van der Waals surface area contributed by atoms with Crippen LogP contribution in [0.5, 0.6) is 0 Å². The lowest BCUT2D eigenvalue weighted by Gasteiger charge is -2.22. The number of nitrogens with one attached hydrogen (secondary N) is 1. The lowest BCUT2D eigenvalue weighted by molar-refractivity contribution is -0.153. The largest absolute Gasteiger partial charge is 0.459 e. The fourth-order valence-corrected chi connectivity index (χ4v) is 4.60. The van der Waals surface area contributed by atoms with E-state index in [9.17, 15) is 19.8 Å². The molecule has 0 spiro atoms. The Hall–Kier alpha value is -1.92. The van der Waals surface area contributed by atoms with Crippen LogP contribution in [0.4, 0.5) is 0 Å². The lowest BCUT2D eigenvalue weighted by Crippen LogP contribution is -2.30. The summed E-state index contributed by atoms with van der Waals surface area (Å²) in [5.74, 6) is 0.267. The van der Waals surface area contributed by atoms with Crippen LogP contribution in [0.2, 0.25) is 0 Å². The summed E-state index contributed by atoms with van der Waals surface area (Å²) in [7, 11) is 0. The van der Waals surface area contributed by atoms with Gasteiger partial charge in [0.25, 0.3) is 0 Å². The molecule has 0 radical (unpaired) electrons. The summed E-state index contributed by atoms with van der Waals surface area (Å²) in [4.78, 5) is 24.5. The first-order valence-electron chi connectivity index (χ1n) is 12.7. The van der Waals surface area contributed by atoms with E-state index in [0.717, 1.165) is 18.4 Å². The van der Waals surface area contributed by atoms with E-state index < -0.39 is 18.3 Å². The highest BCUT2D eigenvalue weighted by Crippen LogP contribution is 2.25. The molecule has 1 saturated carbocycles. The van der Waals surface area contributed by atoms with Gasteiger partial charge >= 0.3 is 5.97 Å². The number of ether oxygens (including phenoxy) is 1. The molecule has 0 unspecified atom stereocenters. The smallest absolute Gasteiger partial charge is 0.306 e. The number of aliphatic hydroxyl groups excluding tert-OH is 2. The maximum Gasteiger partial charge on any atom is 0.306 e. The Morgan fingerprint density at radius 3 is 2.64 bits per heavy atom. The highest BCUT2D eigenvalue weighted by atomic mass is 16.6. The molecule has 0 aromatic rings. The fourth-order valence-electron chi connectivity index (χ4n) is 4.60. The molecule has 6 heteroatoms. The molecule has 0 bridgehead atoms. The monoisotopic (exact) mass is 461 g/mol. The second-order valence-electron chi connectivity index (χ2n) is 9.81. The summed E-state index contributed by atoms with van der Waals surface area (Å²) in [6.07, 6.45) is 14.4. The first-order chi connectivity index (χ1) is 15.8. The van der Waals surface area contributed by atoms with Crippen LogP contribution < -0.4 is 5.32 Å². The van der Waals surface area contributed by atoms with Gasteiger partial charge in [-0.3, -0.25) is 9.59 Å². The van der Waals surface area contributed by atoms with Crippen LogP contribution in [0, 0.1) is 11.8 Å². The van der Waals surface area contributed by atoms with E-state index in [2.05, 4.69) is 18.0 Å². The Kier molecular flexibility index (Phi) is 12.5. The molecule has 1 aliphatic heterocycles. The third-order valence-corrected chi connectivity index (χ3v) is 6.42. The van der Waals surface area contributed by atoms with Crippen molar-refractivity contribution < 1.29 is 24.5 Å². The molecular formula is C27H43NO5. The number of esters is 1. The summed E-state index contributed by atoms with van der Waals surface area (Å²) in [5, 5.41) is 24.0. The van der Waals surface area contributed by atoms with Gasteiger partial charge in [0, 0.05) is 25.8 Å². The molecule has 6 nitrogen and oxygen atoms in total. The molecule has 1 fully saturated rings. The van der Waals surface area contributed by atoms with Crippen LogP contribution in [0.25, 0.3) is 0 Å². The third kappa shape index (κ3) is 11.7. The predicted molar refractivity (Wildman–Crippen MR) is 130 cm³/mol. The Morgan fingerprint density at radius 2 is 1.88 bits per heavy atom. The number of hydrogen-bond acceptors (Lipinski definition) is 5. The maximum absolute atomic E-state index is 12.4. The molecule has 1 aliphatic carbocycles. The quantitative estimate of drug-likeness (QED) is 0.429. The number of carbonyl (C=O) groups is 2. The van der Waals surface area contributed by atoms with Gasteiger partial charge in [0.1, 0.15) is 12.2 Å². The summed E-state index contributed by atoms with van der Waals surface area (Å²) in [5.41, 5.74) is 0.895. The minimum Gasteiger partial charge on any atom is -0.459 e. The van der Waals surface area contributed by atoms with E-state index >= 15 is 0 Å². The summed E-state index contributed by atoms with van der Waals surface area (Å²) in [6.45, 7) is 6.58. The number of amides is 1. The molecule has 4 atom stereocenters. The molecule has 1 amide bonds. The highest BCUT2D eigenvalue weighted by Gasteiger charge is 2.21. The van der Waals surface area contributed by atoms with Crippen LogP contribution in [-0.4, -0.2) is 46.9 Å². The van der Waals surface area contributed by atoms with Crippen molar-refractivity contribution in [3.8, 4) is 0 Å². The minimum atomic E-state index is -0.890. The van der Waals surface area contributed by atoms with Crippen molar-refractivity contribution in [2.75, 3.05) is 6.54 Å². The van der Waals surface area contributed by atoms with Crippen molar-refractivity contribution in [2.24, 2.45) is 11.8 Å². The number of carbonyl (C=O) groups excluding carboxylic acids is 2. The molecule has 0 aromatic carbocycles. The first kappa shape index (κ1) is 27.3. The minimum absolute atomic E-state index is 0.00706. The van der Waals surface area contributed by atoms with E-state index in [0.29, 0.717) is 51.0 Å². The van der Waals surface area contributed by atoms with Crippen molar-refractivity contribution in [2.45, 2.75) is 102 Å². The second-order valence-corrected chi connectivity index (χ2v) is 9.81. The van der Waals surface area contributed by atoms with Crippen molar-refractivity contribution in [1.82, 2.24) is 5.32 Å². The van der Waals surface area contributed by atoms with Gasteiger partial charge in [-0.1, -0.05) is 62.6 Å². The van der Waals surface area contributed by atoms with Gasteiger partial charge < -0.3 is 20.3 Å². The Morgan fingerprint density at radius 1 is 1.12 bits per heavy atom. The van der Waals surface area contributed by atoms with Crippen LogP contribution in [0.15, 0.2) is 36.5 Å². The molecule has 33 heavy (non-hydrogen) atoms. The van der Waals surface area contributed by atoms with Crippen molar-refractivity contribution in [3.63, 3.8) is 0 Å². The van der Waals surface area contributed by atoms with Gasteiger partial charge in [0.2, 0.25) is 5.91 Å². The number of allylic oxidation sites excluding steroid dienone is 1. The summed E-state index contributed by atoms with van der Waals surface area (Å²) >= 11 is 0. The van der Waals surface area contributed by atoms with Gasteiger partial charge in [-0.25, -0.2) is 0 Å². The number of rotatable bonds is 3. The van der Waals surface area contributed by atoms with Crippen LogP contribution in [0.1, 0.15) is 84.0 Å². The molecule has 3 N–H and O–H groups in total. The van der Waals surface area contributed by atoms with E-state index in [1.807, 2.05) is 6.92 Å². The Bertz CT molecular complexity index is 680. The Balaban J connectivity index is 2.02. The van der Waals surface area contributed by atoms with Gasteiger partial charge in [-0.15, -0.1) is 0 Å². The molecule has 2 rings (SSSR count). The predicted octanol–water partition coefficient (Wildman–Crippen LogP) is 4.37. The lowest BCUT2D eigenvalue weighted by atomic mass is 9.88. The molecule has 1 heterocycles. The summed E-state index contributed by atoms with van der Waals surface area (Å²) < 4.78 is 5.61. The van der Waals surface area contributed by atoms with E-state index in [-0.39, 0.29) is 24.2 Å².